The monoisotopic (exact) mass is 331 g/mol. The summed E-state index contributed by atoms with van der Waals surface area (Å²) in [5.41, 5.74) is 0.580. The Morgan fingerprint density at radius 2 is 2.19 bits per heavy atom. The third-order valence-corrected chi connectivity index (χ3v) is 5.29. The maximum absolute atomic E-state index is 12.5. The van der Waals surface area contributed by atoms with Crippen molar-refractivity contribution in [2.24, 2.45) is 0 Å². The molecule has 1 aromatic rings. The summed E-state index contributed by atoms with van der Waals surface area (Å²) in [6, 6.07) is 4.46. The SMILES string of the molecule is CCC(C)N(C)C(=O)C1COc2ccc(S(=O)(=O)Cl)cc21. The zero-order valence-corrected chi connectivity index (χ0v) is 13.7. The second-order valence-corrected chi connectivity index (χ2v) is 7.77. The standard InChI is InChI=1S/C14H18ClNO4S/c1-4-9(2)16(3)14(17)12-8-20-13-6-5-10(7-11(12)13)21(15,18)19/h5-7,9,12H,4,8H2,1-3H3. The second-order valence-electron chi connectivity index (χ2n) is 5.21. The van der Waals surface area contributed by atoms with Crippen LogP contribution in [0.3, 0.4) is 0 Å². The molecule has 2 unspecified atom stereocenters. The average molecular weight is 332 g/mol. The first kappa shape index (κ1) is 16.1. The maximum Gasteiger partial charge on any atom is 0.261 e. The quantitative estimate of drug-likeness (QED) is 0.794. The van der Waals surface area contributed by atoms with Crippen molar-refractivity contribution < 1.29 is 17.9 Å². The average Bonchev–Trinajstić information content (AvgIpc) is 2.86. The minimum absolute atomic E-state index is 0.0163. The van der Waals surface area contributed by atoms with Gasteiger partial charge in [0.15, 0.2) is 0 Å². The molecular formula is C14H18ClNO4S. The van der Waals surface area contributed by atoms with Crippen LogP contribution in [0.1, 0.15) is 31.7 Å². The van der Waals surface area contributed by atoms with Crippen molar-refractivity contribution in [1.29, 1.82) is 0 Å². The summed E-state index contributed by atoms with van der Waals surface area (Å²) >= 11 is 0. The van der Waals surface area contributed by atoms with E-state index in [1.165, 1.54) is 12.1 Å². The molecule has 21 heavy (non-hydrogen) atoms. The Labute approximate surface area is 129 Å². The number of amides is 1. The number of likely N-dealkylation sites (N-methyl/N-ethyl adjacent to an activating group) is 1. The molecule has 1 heterocycles. The molecule has 0 radical (unpaired) electrons. The minimum Gasteiger partial charge on any atom is -0.492 e. The van der Waals surface area contributed by atoms with Gasteiger partial charge in [-0.05, 0) is 31.5 Å². The van der Waals surface area contributed by atoms with E-state index in [1.54, 1.807) is 18.0 Å². The predicted molar refractivity (Wildman–Crippen MR) is 80.2 cm³/mol. The van der Waals surface area contributed by atoms with Crippen molar-refractivity contribution in [3.8, 4) is 5.75 Å². The van der Waals surface area contributed by atoms with Crippen LogP contribution in [-0.4, -0.2) is 38.9 Å². The Kier molecular flexibility index (Phi) is 4.49. The topological polar surface area (TPSA) is 63.7 Å². The molecule has 0 bridgehead atoms. The Bertz CT molecular complexity index is 659. The fraction of sp³-hybridized carbons (Fsp3) is 0.500. The maximum atomic E-state index is 12.5. The lowest BCUT2D eigenvalue weighted by molar-refractivity contribution is -0.133. The molecule has 1 aromatic carbocycles. The van der Waals surface area contributed by atoms with E-state index in [2.05, 4.69) is 0 Å². The van der Waals surface area contributed by atoms with Crippen LogP contribution >= 0.6 is 10.7 Å². The van der Waals surface area contributed by atoms with Gasteiger partial charge in [-0.3, -0.25) is 4.79 Å². The van der Waals surface area contributed by atoms with Gasteiger partial charge in [0, 0.05) is 29.3 Å². The number of rotatable bonds is 4. The third kappa shape index (κ3) is 3.16. The van der Waals surface area contributed by atoms with Gasteiger partial charge >= 0.3 is 0 Å². The van der Waals surface area contributed by atoms with Gasteiger partial charge in [0.2, 0.25) is 5.91 Å². The van der Waals surface area contributed by atoms with E-state index < -0.39 is 15.0 Å². The number of carbonyl (C=O) groups is 1. The zero-order chi connectivity index (χ0) is 15.8. The molecule has 0 spiro atoms. The van der Waals surface area contributed by atoms with Gasteiger partial charge in [0.05, 0.1) is 4.90 Å². The van der Waals surface area contributed by atoms with Crippen molar-refractivity contribution in [2.45, 2.75) is 37.1 Å². The molecule has 1 amide bonds. The lowest BCUT2D eigenvalue weighted by atomic mass is 9.99. The van der Waals surface area contributed by atoms with E-state index in [9.17, 15) is 13.2 Å². The van der Waals surface area contributed by atoms with Crippen molar-refractivity contribution >= 4 is 25.6 Å². The molecule has 116 valence electrons. The fourth-order valence-corrected chi connectivity index (χ4v) is 3.07. The number of fused-ring (bicyclic) bond motifs is 1. The highest BCUT2D eigenvalue weighted by atomic mass is 35.7. The van der Waals surface area contributed by atoms with E-state index in [0.29, 0.717) is 11.3 Å². The summed E-state index contributed by atoms with van der Waals surface area (Å²) in [7, 11) is 3.28. The van der Waals surface area contributed by atoms with Gasteiger partial charge in [0.1, 0.15) is 18.3 Å². The molecule has 1 aliphatic rings. The highest BCUT2D eigenvalue weighted by molar-refractivity contribution is 8.13. The first-order chi connectivity index (χ1) is 9.75. The number of hydrogen-bond donors (Lipinski definition) is 0. The van der Waals surface area contributed by atoms with E-state index in [4.69, 9.17) is 15.4 Å². The van der Waals surface area contributed by atoms with E-state index in [-0.39, 0.29) is 23.5 Å². The summed E-state index contributed by atoms with van der Waals surface area (Å²) in [6.45, 7) is 4.20. The Morgan fingerprint density at radius 3 is 2.76 bits per heavy atom. The molecule has 5 nitrogen and oxygen atoms in total. The molecular weight excluding hydrogens is 314 g/mol. The van der Waals surface area contributed by atoms with Crippen LogP contribution in [0.15, 0.2) is 23.1 Å². The first-order valence-electron chi connectivity index (χ1n) is 6.73. The number of ether oxygens (including phenoxy) is 1. The minimum atomic E-state index is -3.82. The highest BCUT2D eigenvalue weighted by Gasteiger charge is 2.34. The highest BCUT2D eigenvalue weighted by Crippen LogP contribution is 2.37. The normalized spacial score (nSPS) is 18.8. The first-order valence-corrected chi connectivity index (χ1v) is 9.04. The Morgan fingerprint density at radius 1 is 1.52 bits per heavy atom. The largest absolute Gasteiger partial charge is 0.492 e. The molecule has 0 fully saturated rings. The molecule has 0 saturated heterocycles. The molecule has 0 saturated carbocycles. The summed E-state index contributed by atoms with van der Waals surface area (Å²) in [5.74, 6) is -0.0282. The summed E-state index contributed by atoms with van der Waals surface area (Å²) in [4.78, 5) is 14.2. The summed E-state index contributed by atoms with van der Waals surface area (Å²) < 4.78 is 28.3. The van der Waals surface area contributed by atoms with Gasteiger partial charge < -0.3 is 9.64 Å². The van der Waals surface area contributed by atoms with Crippen LogP contribution in [0.5, 0.6) is 5.75 Å². The lowest BCUT2D eigenvalue weighted by Crippen LogP contribution is -2.38. The van der Waals surface area contributed by atoms with Crippen molar-refractivity contribution in [2.75, 3.05) is 13.7 Å². The summed E-state index contributed by atoms with van der Waals surface area (Å²) in [6.07, 6.45) is 0.846. The lowest BCUT2D eigenvalue weighted by Gasteiger charge is -2.26. The zero-order valence-electron chi connectivity index (χ0n) is 12.2. The van der Waals surface area contributed by atoms with E-state index >= 15 is 0 Å². The summed E-state index contributed by atoms with van der Waals surface area (Å²) in [5, 5.41) is 0. The van der Waals surface area contributed by atoms with E-state index in [1.807, 2.05) is 13.8 Å². The smallest absolute Gasteiger partial charge is 0.261 e. The number of nitrogens with zero attached hydrogens (tertiary/aromatic N) is 1. The van der Waals surface area contributed by atoms with Crippen LogP contribution in [-0.2, 0) is 13.8 Å². The molecule has 0 aromatic heterocycles. The number of halogens is 1. The fourth-order valence-electron chi connectivity index (χ4n) is 2.29. The van der Waals surface area contributed by atoms with E-state index in [0.717, 1.165) is 6.42 Å². The Balaban J connectivity index is 2.35. The molecule has 0 N–H and O–H groups in total. The second kappa shape index (κ2) is 5.85. The van der Waals surface area contributed by atoms with Crippen molar-refractivity contribution in [3.05, 3.63) is 23.8 Å². The van der Waals surface area contributed by atoms with Crippen molar-refractivity contribution in [3.63, 3.8) is 0 Å². The van der Waals surface area contributed by atoms with Gasteiger partial charge in [-0.2, -0.15) is 0 Å². The van der Waals surface area contributed by atoms with Gasteiger partial charge in [-0.15, -0.1) is 0 Å². The van der Waals surface area contributed by atoms with Gasteiger partial charge in [0.25, 0.3) is 9.05 Å². The Hall–Kier alpha value is -1.27. The number of carbonyl (C=O) groups excluding carboxylic acids is 1. The molecule has 1 aliphatic heterocycles. The molecule has 2 rings (SSSR count). The molecule has 0 aliphatic carbocycles. The third-order valence-electron chi connectivity index (χ3n) is 3.94. The van der Waals surface area contributed by atoms with Gasteiger partial charge in [-0.25, -0.2) is 8.42 Å². The van der Waals surface area contributed by atoms with Crippen LogP contribution in [0.25, 0.3) is 0 Å². The van der Waals surface area contributed by atoms with Gasteiger partial charge in [-0.1, -0.05) is 6.92 Å². The predicted octanol–water partition coefficient (Wildman–Crippen LogP) is 2.35. The number of benzene rings is 1. The van der Waals surface area contributed by atoms with Crippen LogP contribution in [0.4, 0.5) is 0 Å². The van der Waals surface area contributed by atoms with Crippen LogP contribution < -0.4 is 4.74 Å². The molecule has 7 heteroatoms. The number of hydrogen-bond acceptors (Lipinski definition) is 4. The molecule has 2 atom stereocenters. The van der Waals surface area contributed by atoms with Crippen LogP contribution in [0.2, 0.25) is 0 Å². The van der Waals surface area contributed by atoms with Crippen molar-refractivity contribution in [1.82, 2.24) is 4.90 Å². The van der Waals surface area contributed by atoms with Crippen LogP contribution in [0, 0.1) is 0 Å².